The van der Waals surface area contributed by atoms with Crippen LogP contribution in [0.5, 0.6) is 0 Å². The summed E-state index contributed by atoms with van der Waals surface area (Å²) < 4.78 is 18.2. The highest BCUT2D eigenvalue weighted by Gasteiger charge is 2.29. The third kappa shape index (κ3) is 2.96. The Morgan fingerprint density at radius 1 is 1.45 bits per heavy atom. The van der Waals surface area contributed by atoms with Crippen molar-refractivity contribution in [3.63, 3.8) is 0 Å². The lowest BCUT2D eigenvalue weighted by Crippen LogP contribution is -2.48. The molecule has 0 spiro atoms. The summed E-state index contributed by atoms with van der Waals surface area (Å²) in [5.74, 6) is -1.35. The Labute approximate surface area is 116 Å². The molecule has 1 saturated heterocycles. The van der Waals surface area contributed by atoms with E-state index in [1.54, 1.807) is 0 Å². The molecule has 0 radical (unpaired) electrons. The summed E-state index contributed by atoms with van der Waals surface area (Å²) >= 11 is 0. The number of rotatable bonds is 4. The molecular formula is C14H17FN2O3. The molecule has 1 amide bonds. The molecule has 0 bridgehead atoms. The number of hydrogen-bond donors (Lipinski definition) is 2. The van der Waals surface area contributed by atoms with Crippen molar-refractivity contribution in [1.29, 1.82) is 0 Å². The van der Waals surface area contributed by atoms with Crippen molar-refractivity contribution in [1.82, 2.24) is 5.32 Å². The monoisotopic (exact) mass is 280 g/mol. The molecule has 1 heterocycles. The van der Waals surface area contributed by atoms with Gasteiger partial charge in [0.05, 0.1) is 18.4 Å². The molecule has 5 nitrogen and oxygen atoms in total. The van der Waals surface area contributed by atoms with Gasteiger partial charge in [-0.25, -0.2) is 9.18 Å². The highest BCUT2D eigenvalue weighted by atomic mass is 19.1. The van der Waals surface area contributed by atoms with Crippen LogP contribution in [-0.2, 0) is 9.53 Å². The van der Waals surface area contributed by atoms with Gasteiger partial charge in [-0.1, -0.05) is 6.92 Å². The van der Waals surface area contributed by atoms with Crippen molar-refractivity contribution in [3.8, 4) is 0 Å². The van der Waals surface area contributed by atoms with Crippen molar-refractivity contribution in [2.24, 2.45) is 11.8 Å². The standard InChI is InChI=1S/C14H17FN2O3/c1-8(10-6-16-7-10)13(18)17-12-5-9(14(19)20-2)3-4-11(12)15/h3-5,8,10,16H,6-7H2,1-2H3,(H,17,18). The van der Waals surface area contributed by atoms with E-state index in [0.717, 1.165) is 19.2 Å². The predicted molar refractivity (Wildman–Crippen MR) is 71.9 cm³/mol. The van der Waals surface area contributed by atoms with Gasteiger partial charge >= 0.3 is 5.97 Å². The molecule has 108 valence electrons. The SMILES string of the molecule is COC(=O)c1ccc(F)c(NC(=O)C(C)C2CNC2)c1. The Bertz CT molecular complexity index is 529. The van der Waals surface area contributed by atoms with Crippen molar-refractivity contribution in [2.75, 3.05) is 25.5 Å². The van der Waals surface area contributed by atoms with Crippen LogP contribution in [0.2, 0.25) is 0 Å². The fraction of sp³-hybridized carbons (Fsp3) is 0.429. The van der Waals surface area contributed by atoms with Gasteiger partial charge in [0.1, 0.15) is 5.82 Å². The molecule has 0 aliphatic carbocycles. The highest BCUT2D eigenvalue weighted by molar-refractivity contribution is 5.95. The molecule has 1 atom stereocenters. The van der Waals surface area contributed by atoms with E-state index in [1.165, 1.54) is 19.2 Å². The number of carbonyl (C=O) groups excluding carboxylic acids is 2. The van der Waals surface area contributed by atoms with Crippen molar-refractivity contribution in [3.05, 3.63) is 29.6 Å². The number of amides is 1. The third-order valence-corrected chi connectivity index (χ3v) is 3.58. The first kappa shape index (κ1) is 14.5. The van der Waals surface area contributed by atoms with E-state index < -0.39 is 11.8 Å². The van der Waals surface area contributed by atoms with E-state index in [0.29, 0.717) is 0 Å². The number of anilines is 1. The van der Waals surface area contributed by atoms with Crippen LogP contribution < -0.4 is 10.6 Å². The normalized spacial score (nSPS) is 16.1. The zero-order valence-corrected chi connectivity index (χ0v) is 11.4. The Kier molecular flexibility index (Phi) is 4.34. The molecule has 2 N–H and O–H groups in total. The van der Waals surface area contributed by atoms with Crippen LogP contribution in [0, 0.1) is 17.7 Å². The maximum absolute atomic E-state index is 13.7. The number of hydrogen-bond acceptors (Lipinski definition) is 4. The largest absolute Gasteiger partial charge is 0.465 e. The lowest BCUT2D eigenvalue weighted by Gasteiger charge is -2.31. The van der Waals surface area contributed by atoms with Crippen LogP contribution in [0.1, 0.15) is 17.3 Å². The minimum Gasteiger partial charge on any atom is -0.465 e. The van der Waals surface area contributed by atoms with Gasteiger partial charge in [-0.05, 0) is 37.2 Å². The van der Waals surface area contributed by atoms with E-state index in [-0.39, 0.29) is 29.0 Å². The van der Waals surface area contributed by atoms with Crippen LogP contribution in [0.3, 0.4) is 0 Å². The fourth-order valence-corrected chi connectivity index (χ4v) is 1.99. The van der Waals surface area contributed by atoms with E-state index in [1.807, 2.05) is 6.92 Å². The van der Waals surface area contributed by atoms with Crippen LogP contribution in [0.4, 0.5) is 10.1 Å². The predicted octanol–water partition coefficient (Wildman–Crippen LogP) is 1.41. The van der Waals surface area contributed by atoms with Gasteiger partial charge in [-0.15, -0.1) is 0 Å². The fourth-order valence-electron chi connectivity index (χ4n) is 1.99. The molecule has 0 saturated carbocycles. The van der Waals surface area contributed by atoms with Gasteiger partial charge < -0.3 is 15.4 Å². The van der Waals surface area contributed by atoms with Crippen LogP contribution in [0.15, 0.2) is 18.2 Å². The molecule has 6 heteroatoms. The maximum Gasteiger partial charge on any atom is 0.337 e. The van der Waals surface area contributed by atoms with Gasteiger partial charge in [-0.2, -0.15) is 0 Å². The second-order valence-corrected chi connectivity index (χ2v) is 4.88. The number of esters is 1. The van der Waals surface area contributed by atoms with Crippen LogP contribution in [-0.4, -0.2) is 32.1 Å². The minimum absolute atomic E-state index is 0.00275. The van der Waals surface area contributed by atoms with E-state index >= 15 is 0 Å². The number of ether oxygens (including phenoxy) is 1. The molecule has 1 unspecified atom stereocenters. The summed E-state index contributed by atoms with van der Waals surface area (Å²) in [6.45, 7) is 3.39. The Morgan fingerprint density at radius 3 is 2.70 bits per heavy atom. The summed E-state index contributed by atoms with van der Waals surface area (Å²) in [4.78, 5) is 23.4. The van der Waals surface area contributed by atoms with Gasteiger partial charge in [0.25, 0.3) is 0 Å². The molecule has 1 aromatic carbocycles. The molecule has 1 fully saturated rings. The summed E-state index contributed by atoms with van der Waals surface area (Å²) in [5.41, 5.74) is 0.194. The van der Waals surface area contributed by atoms with Crippen molar-refractivity contribution in [2.45, 2.75) is 6.92 Å². The van der Waals surface area contributed by atoms with Crippen molar-refractivity contribution < 1.29 is 18.7 Å². The molecule has 2 rings (SSSR count). The quantitative estimate of drug-likeness (QED) is 0.818. The molecular weight excluding hydrogens is 263 g/mol. The summed E-state index contributed by atoms with van der Waals surface area (Å²) in [6, 6.07) is 3.73. The Balaban J connectivity index is 2.11. The zero-order chi connectivity index (χ0) is 14.7. The molecule has 1 aliphatic rings. The van der Waals surface area contributed by atoms with Gasteiger partial charge in [-0.3, -0.25) is 4.79 Å². The Morgan fingerprint density at radius 2 is 2.15 bits per heavy atom. The number of methoxy groups -OCH3 is 1. The molecule has 20 heavy (non-hydrogen) atoms. The maximum atomic E-state index is 13.7. The molecule has 1 aliphatic heterocycles. The van der Waals surface area contributed by atoms with Gasteiger partial charge in [0, 0.05) is 5.92 Å². The topological polar surface area (TPSA) is 67.4 Å². The van der Waals surface area contributed by atoms with Gasteiger partial charge in [0.2, 0.25) is 5.91 Å². The minimum atomic E-state index is -0.579. The van der Waals surface area contributed by atoms with Crippen LogP contribution in [0.25, 0.3) is 0 Å². The van der Waals surface area contributed by atoms with Crippen LogP contribution >= 0.6 is 0 Å². The third-order valence-electron chi connectivity index (χ3n) is 3.58. The lowest BCUT2D eigenvalue weighted by molar-refractivity contribution is -0.121. The smallest absolute Gasteiger partial charge is 0.337 e. The average Bonchev–Trinajstić information content (AvgIpc) is 2.38. The number of halogens is 1. The highest BCUT2D eigenvalue weighted by Crippen LogP contribution is 2.21. The first-order valence-corrected chi connectivity index (χ1v) is 6.42. The summed E-state index contributed by atoms with van der Waals surface area (Å²) in [6.07, 6.45) is 0. The van der Waals surface area contributed by atoms with E-state index in [2.05, 4.69) is 15.4 Å². The molecule has 0 aromatic heterocycles. The zero-order valence-electron chi connectivity index (χ0n) is 11.4. The average molecular weight is 280 g/mol. The van der Waals surface area contributed by atoms with E-state index in [4.69, 9.17) is 0 Å². The second-order valence-electron chi connectivity index (χ2n) is 4.88. The van der Waals surface area contributed by atoms with Gasteiger partial charge in [0.15, 0.2) is 0 Å². The first-order chi connectivity index (χ1) is 9.52. The number of nitrogens with one attached hydrogen (secondary N) is 2. The Hall–Kier alpha value is -1.95. The number of benzene rings is 1. The summed E-state index contributed by atoms with van der Waals surface area (Å²) in [7, 11) is 1.25. The molecule has 1 aromatic rings. The summed E-state index contributed by atoms with van der Waals surface area (Å²) in [5, 5.41) is 5.62. The second kappa shape index (κ2) is 6.00. The first-order valence-electron chi connectivity index (χ1n) is 6.42. The number of carbonyl (C=O) groups is 2. The van der Waals surface area contributed by atoms with Crippen molar-refractivity contribution >= 4 is 17.6 Å². The van der Waals surface area contributed by atoms with E-state index in [9.17, 15) is 14.0 Å². The lowest BCUT2D eigenvalue weighted by atomic mass is 9.88.